The summed E-state index contributed by atoms with van der Waals surface area (Å²) in [6.07, 6.45) is 0.668. The third-order valence-electron chi connectivity index (χ3n) is 4.97. The number of hydrogen-bond acceptors (Lipinski definition) is 6. The van der Waals surface area contributed by atoms with E-state index in [0.717, 1.165) is 21.1 Å². The van der Waals surface area contributed by atoms with Gasteiger partial charge in [-0.1, -0.05) is 40.2 Å². The van der Waals surface area contributed by atoms with E-state index in [0.29, 0.717) is 11.9 Å². The second kappa shape index (κ2) is 7.10. The van der Waals surface area contributed by atoms with Crippen molar-refractivity contribution in [2.24, 2.45) is 0 Å². The van der Waals surface area contributed by atoms with E-state index in [9.17, 15) is 9.59 Å². The number of anilines is 2. The predicted octanol–water partition coefficient (Wildman–Crippen LogP) is 3.68. The molecule has 2 aromatic heterocycles. The zero-order valence-corrected chi connectivity index (χ0v) is 17.5. The predicted molar refractivity (Wildman–Crippen MR) is 115 cm³/mol. The van der Waals surface area contributed by atoms with Crippen molar-refractivity contribution in [1.82, 2.24) is 19.1 Å². The molecule has 0 aliphatic carbocycles. The number of aromatic nitrogens is 4. The smallest absolute Gasteiger partial charge is 0.345 e. The van der Waals surface area contributed by atoms with Crippen LogP contribution < -0.4 is 10.9 Å². The minimum Gasteiger partial charge on any atom is -0.462 e. The summed E-state index contributed by atoms with van der Waals surface area (Å²) in [5, 5.41) is 3.12. The number of esters is 1. The van der Waals surface area contributed by atoms with Gasteiger partial charge in [0.15, 0.2) is 0 Å². The maximum absolute atomic E-state index is 13.4. The van der Waals surface area contributed by atoms with E-state index < -0.39 is 17.7 Å². The topological polar surface area (TPSA) is 91.0 Å². The summed E-state index contributed by atoms with van der Waals surface area (Å²) in [5.74, 6) is 0.185. The van der Waals surface area contributed by atoms with Crippen molar-refractivity contribution in [3.8, 4) is 0 Å². The number of fused-ring (bicyclic) bond motifs is 4. The van der Waals surface area contributed by atoms with Crippen LogP contribution in [-0.2, 0) is 4.74 Å². The van der Waals surface area contributed by atoms with Gasteiger partial charge in [0.25, 0.3) is 5.56 Å². The fourth-order valence-corrected chi connectivity index (χ4v) is 3.93. The summed E-state index contributed by atoms with van der Waals surface area (Å²) in [7, 11) is 0. The van der Waals surface area contributed by atoms with E-state index in [1.807, 2.05) is 53.1 Å². The lowest BCUT2D eigenvalue weighted by atomic mass is 10.1. The molecule has 3 heterocycles. The van der Waals surface area contributed by atoms with Crippen molar-refractivity contribution in [3.63, 3.8) is 0 Å². The lowest BCUT2D eigenvalue weighted by Crippen LogP contribution is -2.39. The highest BCUT2D eigenvalue weighted by Crippen LogP contribution is 2.35. The number of para-hydroxylation sites is 2. The van der Waals surface area contributed by atoms with E-state index in [2.05, 4.69) is 31.2 Å². The molecule has 9 heteroatoms. The van der Waals surface area contributed by atoms with Crippen molar-refractivity contribution < 1.29 is 9.53 Å². The van der Waals surface area contributed by atoms with Crippen molar-refractivity contribution in [1.29, 1.82) is 0 Å². The van der Waals surface area contributed by atoms with Crippen LogP contribution in [0, 0.1) is 0 Å². The summed E-state index contributed by atoms with van der Waals surface area (Å²) in [6, 6.07) is 15.3. The average Bonchev–Trinajstić information content (AvgIpc) is 3.11. The summed E-state index contributed by atoms with van der Waals surface area (Å²) >= 11 is 3.45. The lowest BCUT2D eigenvalue weighted by Gasteiger charge is -2.30. The Kier molecular flexibility index (Phi) is 4.39. The van der Waals surface area contributed by atoms with Crippen LogP contribution in [0.4, 0.5) is 11.9 Å². The van der Waals surface area contributed by atoms with Gasteiger partial charge in [-0.05, 0) is 36.8 Å². The normalized spacial score (nSPS) is 14.7. The highest BCUT2D eigenvalue weighted by Gasteiger charge is 2.32. The molecule has 8 nitrogen and oxygen atoms in total. The average molecular weight is 466 g/mol. The molecule has 1 aliphatic heterocycles. The molecule has 0 radical (unpaired) electrons. The molecule has 1 N–H and O–H groups in total. The van der Waals surface area contributed by atoms with Crippen molar-refractivity contribution in [2.75, 3.05) is 11.9 Å². The number of benzene rings is 2. The number of nitrogens with zero attached hydrogens (tertiary/aromatic N) is 4. The molecule has 4 aromatic rings. The van der Waals surface area contributed by atoms with Gasteiger partial charge in [-0.25, -0.2) is 14.8 Å². The van der Waals surface area contributed by atoms with E-state index in [4.69, 9.17) is 4.74 Å². The number of rotatable bonds is 3. The highest BCUT2D eigenvalue weighted by atomic mass is 79.9. The number of halogens is 1. The maximum Gasteiger partial charge on any atom is 0.345 e. The number of imidazole rings is 1. The second-order valence-corrected chi connectivity index (χ2v) is 7.65. The van der Waals surface area contributed by atoms with Crippen LogP contribution in [0.5, 0.6) is 0 Å². The Morgan fingerprint density at radius 2 is 1.90 bits per heavy atom. The molecule has 0 amide bonds. The van der Waals surface area contributed by atoms with E-state index in [-0.39, 0.29) is 12.2 Å². The minimum absolute atomic E-state index is 0.114. The zero-order chi connectivity index (χ0) is 20.8. The molecule has 150 valence electrons. The van der Waals surface area contributed by atoms with Crippen molar-refractivity contribution in [3.05, 3.63) is 80.7 Å². The fourth-order valence-electron chi connectivity index (χ4n) is 3.67. The van der Waals surface area contributed by atoms with Gasteiger partial charge in [-0.3, -0.25) is 19.2 Å². The molecule has 0 spiro atoms. The summed E-state index contributed by atoms with van der Waals surface area (Å²) in [5.41, 5.74) is 1.88. The Labute approximate surface area is 179 Å². The standard InChI is InChI=1S/C21H16BrN5O3/c1-2-30-19(29)14-11-23-20-25-21-24-15-5-3-4-6-16(15)26(21)17(27(20)18(14)28)12-7-9-13(22)10-8-12/h3-11,17H,2H2,1H3,(H,23,24,25). The maximum atomic E-state index is 13.4. The van der Waals surface area contributed by atoms with E-state index in [1.54, 1.807) is 6.92 Å². The second-order valence-electron chi connectivity index (χ2n) is 6.74. The zero-order valence-electron chi connectivity index (χ0n) is 15.9. The molecular formula is C21H16BrN5O3. The first kappa shape index (κ1) is 18.6. The molecule has 1 unspecified atom stereocenters. The first-order chi connectivity index (χ1) is 14.6. The van der Waals surface area contributed by atoms with Crippen LogP contribution in [0.25, 0.3) is 11.0 Å². The van der Waals surface area contributed by atoms with Crippen LogP contribution in [0.3, 0.4) is 0 Å². The summed E-state index contributed by atoms with van der Waals surface area (Å²) < 4.78 is 9.36. The number of carbonyl (C=O) groups is 1. The molecule has 0 fully saturated rings. The van der Waals surface area contributed by atoms with Gasteiger partial charge in [0, 0.05) is 4.47 Å². The Bertz CT molecular complexity index is 1340. The molecule has 1 aliphatic rings. The molecule has 0 saturated heterocycles. The number of hydrogen-bond donors (Lipinski definition) is 1. The largest absolute Gasteiger partial charge is 0.462 e. The molecule has 0 saturated carbocycles. The number of nitrogens with one attached hydrogen (secondary N) is 1. The molecular weight excluding hydrogens is 450 g/mol. The van der Waals surface area contributed by atoms with Crippen molar-refractivity contribution in [2.45, 2.75) is 13.1 Å². The fraction of sp³-hybridized carbons (Fsp3) is 0.143. The SMILES string of the molecule is CCOC(=O)c1cnc2n(c1=O)C(c1ccc(Br)cc1)n1c(nc3ccccc31)N2. The van der Waals surface area contributed by atoms with Gasteiger partial charge < -0.3 is 4.74 Å². The van der Waals surface area contributed by atoms with Gasteiger partial charge >= 0.3 is 5.97 Å². The Morgan fingerprint density at radius 1 is 1.13 bits per heavy atom. The van der Waals surface area contributed by atoms with Gasteiger partial charge in [0.05, 0.1) is 23.8 Å². The Balaban J connectivity index is 1.81. The van der Waals surface area contributed by atoms with Crippen LogP contribution in [-0.4, -0.2) is 31.7 Å². The molecule has 30 heavy (non-hydrogen) atoms. The van der Waals surface area contributed by atoms with Crippen LogP contribution in [0.2, 0.25) is 0 Å². The lowest BCUT2D eigenvalue weighted by molar-refractivity contribution is 0.0522. The van der Waals surface area contributed by atoms with Gasteiger partial charge in [-0.2, -0.15) is 0 Å². The molecule has 5 rings (SSSR count). The quantitative estimate of drug-likeness (QED) is 0.408. The third kappa shape index (κ3) is 2.81. The van der Waals surface area contributed by atoms with Gasteiger partial charge in [0.2, 0.25) is 11.9 Å². The summed E-state index contributed by atoms with van der Waals surface area (Å²) in [4.78, 5) is 34.7. The Morgan fingerprint density at radius 3 is 2.67 bits per heavy atom. The van der Waals surface area contributed by atoms with E-state index in [1.165, 1.54) is 10.8 Å². The first-order valence-corrected chi connectivity index (χ1v) is 10.2. The van der Waals surface area contributed by atoms with Crippen LogP contribution >= 0.6 is 15.9 Å². The van der Waals surface area contributed by atoms with E-state index >= 15 is 0 Å². The molecule has 1 atom stereocenters. The van der Waals surface area contributed by atoms with Crippen LogP contribution in [0.1, 0.15) is 29.0 Å². The monoisotopic (exact) mass is 465 g/mol. The number of carbonyl (C=O) groups excluding carboxylic acids is 1. The Hall–Kier alpha value is -3.46. The van der Waals surface area contributed by atoms with Gasteiger partial charge in [-0.15, -0.1) is 0 Å². The minimum atomic E-state index is -0.693. The highest BCUT2D eigenvalue weighted by molar-refractivity contribution is 9.10. The molecule has 2 aromatic carbocycles. The molecule has 0 bridgehead atoms. The van der Waals surface area contributed by atoms with Gasteiger partial charge in [0.1, 0.15) is 11.7 Å². The van der Waals surface area contributed by atoms with Crippen LogP contribution in [0.15, 0.2) is 64.0 Å². The summed E-state index contributed by atoms with van der Waals surface area (Å²) in [6.45, 7) is 1.86. The first-order valence-electron chi connectivity index (χ1n) is 9.36. The number of ether oxygens (including phenoxy) is 1. The third-order valence-corrected chi connectivity index (χ3v) is 5.49. The van der Waals surface area contributed by atoms with Crippen molar-refractivity contribution >= 4 is 44.8 Å².